The zero-order valence-corrected chi connectivity index (χ0v) is 12.4. The van der Waals surface area contributed by atoms with Crippen molar-refractivity contribution in [3.63, 3.8) is 0 Å². The van der Waals surface area contributed by atoms with Crippen molar-refractivity contribution in [2.24, 2.45) is 0 Å². The standard InChI is InChI=1S/C13H11BrClN3O/c1-8(9-2-4-10(14)5-3-9)16-13(19)11-6-7-12(15)18-17-11/h2-8H,1H3,(H,16,19)/t8-/m1/s1. The Morgan fingerprint density at radius 3 is 2.47 bits per heavy atom. The van der Waals surface area contributed by atoms with Gasteiger partial charge < -0.3 is 5.32 Å². The van der Waals surface area contributed by atoms with Gasteiger partial charge in [0, 0.05) is 4.47 Å². The first-order valence-corrected chi connectivity index (χ1v) is 6.79. The van der Waals surface area contributed by atoms with Gasteiger partial charge in [-0.2, -0.15) is 0 Å². The number of aromatic nitrogens is 2. The predicted octanol–water partition coefficient (Wildman–Crippen LogP) is 3.38. The van der Waals surface area contributed by atoms with Crippen LogP contribution in [0, 0.1) is 0 Å². The molecule has 1 amide bonds. The molecule has 0 saturated heterocycles. The molecular weight excluding hydrogens is 330 g/mol. The van der Waals surface area contributed by atoms with Crippen LogP contribution in [0.3, 0.4) is 0 Å². The summed E-state index contributed by atoms with van der Waals surface area (Å²) in [5.74, 6) is -0.278. The van der Waals surface area contributed by atoms with E-state index in [9.17, 15) is 4.79 Å². The van der Waals surface area contributed by atoms with Crippen LogP contribution in [0.4, 0.5) is 0 Å². The lowest BCUT2D eigenvalue weighted by atomic mass is 10.1. The molecule has 0 fully saturated rings. The lowest BCUT2D eigenvalue weighted by Crippen LogP contribution is -2.27. The first kappa shape index (κ1) is 14.0. The van der Waals surface area contributed by atoms with Gasteiger partial charge in [0.05, 0.1) is 6.04 Å². The van der Waals surface area contributed by atoms with E-state index in [0.29, 0.717) is 0 Å². The van der Waals surface area contributed by atoms with E-state index in [1.807, 2.05) is 31.2 Å². The Hall–Kier alpha value is -1.46. The van der Waals surface area contributed by atoms with E-state index < -0.39 is 0 Å². The number of rotatable bonds is 3. The van der Waals surface area contributed by atoms with Crippen molar-refractivity contribution in [1.82, 2.24) is 15.5 Å². The van der Waals surface area contributed by atoms with Gasteiger partial charge in [0.1, 0.15) is 0 Å². The monoisotopic (exact) mass is 339 g/mol. The van der Waals surface area contributed by atoms with Gasteiger partial charge in [-0.1, -0.05) is 39.7 Å². The van der Waals surface area contributed by atoms with Crippen molar-refractivity contribution in [3.8, 4) is 0 Å². The third kappa shape index (κ3) is 3.75. The van der Waals surface area contributed by atoms with Gasteiger partial charge in [-0.3, -0.25) is 4.79 Å². The van der Waals surface area contributed by atoms with Crippen LogP contribution in [0.2, 0.25) is 5.15 Å². The molecule has 1 N–H and O–H groups in total. The number of carbonyl (C=O) groups excluding carboxylic acids is 1. The normalized spacial score (nSPS) is 11.9. The molecule has 1 heterocycles. The van der Waals surface area contributed by atoms with E-state index in [4.69, 9.17) is 11.6 Å². The molecule has 1 aromatic heterocycles. The van der Waals surface area contributed by atoms with Crippen molar-refractivity contribution in [2.75, 3.05) is 0 Å². The van der Waals surface area contributed by atoms with Crippen molar-refractivity contribution in [3.05, 3.63) is 57.3 Å². The van der Waals surface area contributed by atoms with Crippen LogP contribution >= 0.6 is 27.5 Å². The lowest BCUT2D eigenvalue weighted by Gasteiger charge is -2.13. The number of hydrogen-bond donors (Lipinski definition) is 1. The highest BCUT2D eigenvalue weighted by Crippen LogP contribution is 2.16. The van der Waals surface area contributed by atoms with Crippen molar-refractivity contribution < 1.29 is 4.79 Å². The number of nitrogens with one attached hydrogen (secondary N) is 1. The summed E-state index contributed by atoms with van der Waals surface area (Å²) in [6.45, 7) is 1.91. The van der Waals surface area contributed by atoms with Crippen molar-refractivity contribution in [2.45, 2.75) is 13.0 Å². The summed E-state index contributed by atoms with van der Waals surface area (Å²) >= 11 is 8.99. The lowest BCUT2D eigenvalue weighted by molar-refractivity contribution is 0.0934. The average Bonchev–Trinajstić information content (AvgIpc) is 2.40. The van der Waals surface area contributed by atoms with Gasteiger partial charge in [0.25, 0.3) is 5.91 Å². The zero-order chi connectivity index (χ0) is 13.8. The van der Waals surface area contributed by atoms with Gasteiger partial charge in [0.15, 0.2) is 10.8 Å². The maximum Gasteiger partial charge on any atom is 0.272 e. The van der Waals surface area contributed by atoms with Gasteiger partial charge >= 0.3 is 0 Å². The van der Waals surface area contributed by atoms with E-state index in [0.717, 1.165) is 10.0 Å². The minimum absolute atomic E-state index is 0.113. The molecule has 0 radical (unpaired) electrons. The Morgan fingerprint density at radius 2 is 1.89 bits per heavy atom. The number of amides is 1. The highest BCUT2D eigenvalue weighted by atomic mass is 79.9. The largest absolute Gasteiger partial charge is 0.344 e. The smallest absolute Gasteiger partial charge is 0.272 e. The zero-order valence-electron chi connectivity index (χ0n) is 10.1. The van der Waals surface area contributed by atoms with Gasteiger partial charge in [-0.05, 0) is 36.8 Å². The van der Waals surface area contributed by atoms with E-state index in [1.54, 1.807) is 6.07 Å². The van der Waals surface area contributed by atoms with Crippen LogP contribution in [-0.2, 0) is 0 Å². The summed E-state index contributed by atoms with van der Waals surface area (Å²) in [6.07, 6.45) is 0. The second-order valence-corrected chi connectivity index (χ2v) is 5.29. The van der Waals surface area contributed by atoms with E-state index in [-0.39, 0.29) is 22.8 Å². The maximum atomic E-state index is 11.9. The molecule has 0 saturated carbocycles. The Bertz CT molecular complexity index is 571. The molecule has 0 aliphatic heterocycles. The number of halogens is 2. The molecule has 1 atom stereocenters. The third-order valence-corrected chi connectivity index (χ3v) is 3.31. The summed E-state index contributed by atoms with van der Waals surface area (Å²) < 4.78 is 0.998. The average molecular weight is 341 g/mol. The molecular formula is C13H11BrClN3O. The molecule has 0 aliphatic rings. The highest BCUT2D eigenvalue weighted by Gasteiger charge is 2.12. The molecule has 4 nitrogen and oxygen atoms in total. The summed E-state index contributed by atoms with van der Waals surface area (Å²) in [5.41, 5.74) is 1.26. The number of benzene rings is 1. The molecule has 2 aromatic rings. The Balaban J connectivity index is 2.06. The molecule has 0 spiro atoms. The SMILES string of the molecule is C[C@@H](NC(=O)c1ccc(Cl)nn1)c1ccc(Br)cc1. The summed E-state index contributed by atoms with van der Waals surface area (Å²) in [7, 11) is 0. The molecule has 98 valence electrons. The minimum atomic E-state index is -0.278. The fourth-order valence-corrected chi connectivity index (χ4v) is 1.91. The second kappa shape index (κ2) is 6.12. The molecule has 19 heavy (non-hydrogen) atoms. The second-order valence-electron chi connectivity index (χ2n) is 3.99. The summed E-state index contributed by atoms with van der Waals surface area (Å²) in [4.78, 5) is 11.9. The number of carbonyl (C=O) groups is 1. The van der Waals surface area contributed by atoms with Crippen LogP contribution in [0.15, 0.2) is 40.9 Å². The fraction of sp³-hybridized carbons (Fsp3) is 0.154. The molecule has 2 rings (SSSR count). The maximum absolute atomic E-state index is 11.9. The van der Waals surface area contributed by atoms with Crippen molar-refractivity contribution >= 4 is 33.4 Å². The summed E-state index contributed by atoms with van der Waals surface area (Å²) in [5, 5.41) is 10.5. The quantitative estimate of drug-likeness (QED) is 0.932. The number of hydrogen-bond acceptors (Lipinski definition) is 3. The first-order chi connectivity index (χ1) is 9.06. The highest BCUT2D eigenvalue weighted by molar-refractivity contribution is 9.10. The van der Waals surface area contributed by atoms with Crippen LogP contribution in [0.25, 0.3) is 0 Å². The molecule has 0 unspecified atom stereocenters. The van der Waals surface area contributed by atoms with Crippen molar-refractivity contribution in [1.29, 1.82) is 0 Å². The third-order valence-electron chi connectivity index (χ3n) is 2.58. The molecule has 0 bridgehead atoms. The van der Waals surface area contributed by atoms with E-state index in [1.165, 1.54) is 6.07 Å². The first-order valence-electron chi connectivity index (χ1n) is 5.62. The number of nitrogens with zero attached hydrogens (tertiary/aromatic N) is 2. The van der Waals surface area contributed by atoms with E-state index in [2.05, 4.69) is 31.4 Å². The van der Waals surface area contributed by atoms with E-state index >= 15 is 0 Å². The van der Waals surface area contributed by atoms with Crippen LogP contribution in [0.1, 0.15) is 29.0 Å². The Kier molecular flexibility index (Phi) is 4.50. The Morgan fingerprint density at radius 1 is 1.21 bits per heavy atom. The molecule has 0 aliphatic carbocycles. The van der Waals surface area contributed by atoms with Gasteiger partial charge in [0.2, 0.25) is 0 Å². The van der Waals surface area contributed by atoms with Crippen LogP contribution < -0.4 is 5.32 Å². The molecule has 1 aromatic carbocycles. The summed E-state index contributed by atoms with van der Waals surface area (Å²) in [6, 6.07) is 10.7. The van der Waals surface area contributed by atoms with Crippen LogP contribution in [-0.4, -0.2) is 16.1 Å². The minimum Gasteiger partial charge on any atom is -0.344 e. The van der Waals surface area contributed by atoms with Gasteiger partial charge in [-0.15, -0.1) is 10.2 Å². The van der Waals surface area contributed by atoms with Crippen LogP contribution in [0.5, 0.6) is 0 Å². The fourth-order valence-electron chi connectivity index (χ4n) is 1.54. The van der Waals surface area contributed by atoms with Gasteiger partial charge in [-0.25, -0.2) is 0 Å². The Labute approximate surface area is 124 Å². The topological polar surface area (TPSA) is 54.9 Å². The predicted molar refractivity (Wildman–Crippen MR) is 77.1 cm³/mol. The molecule has 6 heteroatoms.